The number of rotatable bonds is 2. The molecule has 1 heterocycles. The molecule has 0 spiro atoms. The van der Waals surface area contributed by atoms with E-state index < -0.39 is 24.4 Å². The van der Waals surface area contributed by atoms with Crippen molar-refractivity contribution < 1.29 is 22.7 Å². The van der Waals surface area contributed by atoms with Crippen molar-refractivity contribution in [1.82, 2.24) is 10.3 Å². The van der Waals surface area contributed by atoms with Crippen LogP contribution in [0.25, 0.3) is 0 Å². The van der Waals surface area contributed by atoms with Crippen LogP contribution in [-0.4, -0.2) is 48.1 Å². The molecule has 0 atom stereocenters. The summed E-state index contributed by atoms with van der Waals surface area (Å²) in [4.78, 5) is 12.7. The lowest BCUT2D eigenvalue weighted by atomic mass is 10.1. The first-order chi connectivity index (χ1) is 9.05. The zero-order chi connectivity index (χ0) is 15.4. The summed E-state index contributed by atoms with van der Waals surface area (Å²) in [6, 6.07) is 0. The number of hydrogen-bond acceptors (Lipinski definition) is 4. The highest BCUT2D eigenvalue weighted by Gasteiger charge is 2.31. The third-order valence-electron chi connectivity index (χ3n) is 2.54. The Morgan fingerprint density at radius 2 is 1.85 bits per heavy atom. The fourth-order valence-corrected chi connectivity index (χ4v) is 1.76. The van der Waals surface area contributed by atoms with Crippen LogP contribution in [0.1, 0.15) is 33.6 Å². The lowest BCUT2D eigenvalue weighted by Gasteiger charge is -2.28. The molecule has 1 fully saturated rings. The number of hydrazone groups is 1. The number of halogens is 3. The molecule has 0 aromatic carbocycles. The number of likely N-dealkylation sites (tertiary alicyclic amines) is 1. The monoisotopic (exact) mass is 295 g/mol. The molecule has 20 heavy (non-hydrogen) atoms. The van der Waals surface area contributed by atoms with Crippen molar-refractivity contribution >= 4 is 11.8 Å². The largest absolute Gasteiger partial charge is 0.443 e. The Bertz CT molecular complexity index is 365. The second-order valence-corrected chi connectivity index (χ2v) is 5.68. The molecule has 1 aliphatic heterocycles. The van der Waals surface area contributed by atoms with Gasteiger partial charge >= 0.3 is 12.3 Å². The predicted octanol–water partition coefficient (Wildman–Crippen LogP) is 2.53. The van der Waals surface area contributed by atoms with Crippen LogP contribution >= 0.6 is 0 Å². The molecule has 1 amide bonds. The van der Waals surface area contributed by atoms with Gasteiger partial charge in [-0.15, -0.1) is 0 Å². The van der Waals surface area contributed by atoms with Crippen molar-refractivity contribution in [3.05, 3.63) is 0 Å². The minimum Gasteiger partial charge on any atom is -0.443 e. The number of hydrogen-bond donors (Lipinski definition) is 1. The highest BCUT2D eigenvalue weighted by Crippen LogP contribution is 2.18. The van der Waals surface area contributed by atoms with Crippen LogP contribution in [0, 0.1) is 0 Å². The lowest BCUT2D eigenvalue weighted by molar-refractivity contribution is -0.146. The third-order valence-corrected chi connectivity index (χ3v) is 2.54. The number of nitrogens with one attached hydrogen (secondary N) is 1. The van der Waals surface area contributed by atoms with Gasteiger partial charge in [0, 0.05) is 31.6 Å². The highest BCUT2D eigenvalue weighted by molar-refractivity contribution is 5.86. The van der Waals surface area contributed by atoms with E-state index >= 15 is 0 Å². The van der Waals surface area contributed by atoms with E-state index in [1.54, 1.807) is 20.8 Å². The smallest absolute Gasteiger partial charge is 0.428 e. The van der Waals surface area contributed by atoms with Gasteiger partial charge in [-0.2, -0.15) is 18.3 Å². The number of ether oxygens (including phenoxy) is 1. The molecule has 1 rings (SSSR count). The van der Waals surface area contributed by atoms with Gasteiger partial charge in [0.2, 0.25) is 0 Å². The summed E-state index contributed by atoms with van der Waals surface area (Å²) in [7, 11) is 0. The van der Waals surface area contributed by atoms with Gasteiger partial charge in [0.25, 0.3) is 0 Å². The number of piperidine rings is 1. The molecule has 8 heteroatoms. The summed E-state index contributed by atoms with van der Waals surface area (Å²) < 4.78 is 41.6. The Hall–Kier alpha value is -1.31. The first-order valence-electron chi connectivity index (χ1n) is 6.39. The van der Waals surface area contributed by atoms with Crippen molar-refractivity contribution in [3.63, 3.8) is 0 Å². The molecular formula is C12H20F3N3O2. The van der Waals surface area contributed by atoms with Gasteiger partial charge in [0.1, 0.15) is 5.60 Å². The average molecular weight is 295 g/mol. The first-order valence-corrected chi connectivity index (χ1v) is 6.39. The average Bonchev–Trinajstić information content (AvgIpc) is 2.23. The van der Waals surface area contributed by atoms with E-state index in [2.05, 4.69) is 10.5 Å². The van der Waals surface area contributed by atoms with Crippen molar-refractivity contribution in [2.45, 2.75) is 45.4 Å². The van der Waals surface area contributed by atoms with Gasteiger partial charge in [-0.1, -0.05) is 0 Å². The second-order valence-electron chi connectivity index (χ2n) is 5.68. The summed E-state index contributed by atoms with van der Waals surface area (Å²) in [5, 5.41) is 3.88. The minimum atomic E-state index is -4.18. The Morgan fingerprint density at radius 1 is 1.30 bits per heavy atom. The summed E-state index contributed by atoms with van der Waals surface area (Å²) in [5.41, 5.74) is 2.32. The van der Waals surface area contributed by atoms with Gasteiger partial charge in [-0.05, 0) is 20.8 Å². The van der Waals surface area contributed by atoms with E-state index in [4.69, 9.17) is 4.74 Å². The van der Waals surface area contributed by atoms with Crippen LogP contribution in [-0.2, 0) is 4.74 Å². The first kappa shape index (κ1) is 16.7. The van der Waals surface area contributed by atoms with Gasteiger partial charge in [0.05, 0.1) is 6.54 Å². The number of carbonyl (C=O) groups is 1. The molecule has 1 aliphatic rings. The second kappa shape index (κ2) is 6.43. The number of nitrogens with zero attached hydrogens (tertiary/aromatic N) is 2. The summed E-state index contributed by atoms with van der Waals surface area (Å²) in [5.74, 6) is 0. The standard InChI is InChI=1S/C12H20F3N3O2/c1-11(2,3)20-10(19)17-16-9-4-6-18(7-5-9)8-12(13,14)15/h4-8H2,1-3H3,(H,17,19). The Labute approximate surface area is 116 Å². The van der Waals surface area contributed by atoms with E-state index in [1.807, 2.05) is 0 Å². The van der Waals surface area contributed by atoms with Crippen LogP contribution < -0.4 is 5.43 Å². The van der Waals surface area contributed by atoms with Gasteiger partial charge in [-0.25, -0.2) is 10.2 Å². The van der Waals surface area contributed by atoms with Crippen molar-refractivity contribution in [1.29, 1.82) is 0 Å². The van der Waals surface area contributed by atoms with Crippen molar-refractivity contribution in [2.75, 3.05) is 19.6 Å². The zero-order valence-corrected chi connectivity index (χ0v) is 11.9. The fourth-order valence-electron chi connectivity index (χ4n) is 1.76. The topological polar surface area (TPSA) is 53.9 Å². The number of amides is 1. The maximum atomic E-state index is 12.2. The summed E-state index contributed by atoms with van der Waals surface area (Å²) >= 11 is 0. The van der Waals surface area contributed by atoms with E-state index in [-0.39, 0.29) is 13.1 Å². The molecule has 0 aromatic rings. The van der Waals surface area contributed by atoms with Crippen LogP contribution in [0.15, 0.2) is 5.10 Å². The van der Waals surface area contributed by atoms with Crippen molar-refractivity contribution in [2.24, 2.45) is 5.10 Å². The minimum absolute atomic E-state index is 0.286. The molecule has 0 bridgehead atoms. The molecule has 0 radical (unpaired) electrons. The summed E-state index contributed by atoms with van der Waals surface area (Å²) in [6.45, 7) is 4.86. The highest BCUT2D eigenvalue weighted by atomic mass is 19.4. The van der Waals surface area contributed by atoms with Gasteiger partial charge in [0.15, 0.2) is 0 Å². The molecule has 1 N–H and O–H groups in total. The van der Waals surface area contributed by atoms with Crippen molar-refractivity contribution in [3.8, 4) is 0 Å². The predicted molar refractivity (Wildman–Crippen MR) is 68.5 cm³/mol. The zero-order valence-electron chi connectivity index (χ0n) is 11.9. The van der Waals surface area contributed by atoms with E-state index in [0.717, 1.165) is 0 Å². The van der Waals surface area contributed by atoms with Gasteiger partial charge < -0.3 is 4.74 Å². The number of alkyl halides is 3. The maximum absolute atomic E-state index is 12.2. The van der Waals surface area contributed by atoms with Crippen LogP contribution in [0.2, 0.25) is 0 Å². The third kappa shape index (κ3) is 7.32. The molecular weight excluding hydrogens is 275 g/mol. The van der Waals surface area contributed by atoms with Crippen LogP contribution in [0.4, 0.5) is 18.0 Å². The Morgan fingerprint density at radius 3 is 2.30 bits per heavy atom. The van der Waals surface area contributed by atoms with Crippen LogP contribution in [0.5, 0.6) is 0 Å². The molecule has 0 unspecified atom stereocenters. The van der Waals surface area contributed by atoms with E-state index in [1.165, 1.54) is 4.90 Å². The van der Waals surface area contributed by atoms with E-state index in [9.17, 15) is 18.0 Å². The molecule has 5 nitrogen and oxygen atoms in total. The molecule has 0 aromatic heterocycles. The number of carbonyl (C=O) groups excluding carboxylic acids is 1. The molecule has 0 aliphatic carbocycles. The molecule has 1 saturated heterocycles. The fraction of sp³-hybridized carbons (Fsp3) is 0.833. The Kier molecular flexibility index (Phi) is 5.38. The molecule has 0 saturated carbocycles. The normalized spacial score (nSPS) is 17.8. The Balaban J connectivity index is 2.34. The molecule has 116 valence electrons. The quantitative estimate of drug-likeness (QED) is 0.796. The van der Waals surface area contributed by atoms with E-state index in [0.29, 0.717) is 18.6 Å². The van der Waals surface area contributed by atoms with Gasteiger partial charge in [-0.3, -0.25) is 4.90 Å². The maximum Gasteiger partial charge on any atom is 0.428 e. The summed E-state index contributed by atoms with van der Waals surface area (Å²) in [6.07, 6.45) is -4.02. The lowest BCUT2D eigenvalue weighted by Crippen LogP contribution is -2.40. The SMILES string of the molecule is CC(C)(C)OC(=O)NN=C1CCN(CC(F)(F)F)CC1. The van der Waals surface area contributed by atoms with Crippen LogP contribution in [0.3, 0.4) is 0 Å².